The molecule has 0 amide bonds. The highest BCUT2D eigenvalue weighted by Crippen LogP contribution is 2.45. The van der Waals surface area contributed by atoms with Crippen molar-refractivity contribution in [1.29, 1.82) is 0 Å². The number of phosphoric ester groups is 2. The summed E-state index contributed by atoms with van der Waals surface area (Å²) in [4.78, 5) is 72.8. The quantitative estimate of drug-likeness (QED) is 0.0222. The van der Waals surface area contributed by atoms with Crippen molar-refractivity contribution in [1.82, 2.24) is 0 Å². The first-order valence-corrected chi connectivity index (χ1v) is 41.8. The molecule has 0 aliphatic rings. The molecule has 19 heteroatoms. The monoisotopic (exact) mass is 1380 g/mol. The van der Waals surface area contributed by atoms with E-state index in [0.29, 0.717) is 25.7 Å². The van der Waals surface area contributed by atoms with E-state index in [9.17, 15) is 43.2 Å². The van der Waals surface area contributed by atoms with Gasteiger partial charge in [-0.25, -0.2) is 9.13 Å². The first-order chi connectivity index (χ1) is 45.2. The van der Waals surface area contributed by atoms with E-state index in [4.69, 9.17) is 37.0 Å². The second kappa shape index (κ2) is 65.7. The van der Waals surface area contributed by atoms with E-state index in [0.717, 1.165) is 108 Å². The van der Waals surface area contributed by atoms with Crippen molar-refractivity contribution in [3.63, 3.8) is 0 Å². The first kappa shape index (κ1) is 92.1. The number of unbranched alkanes of at least 4 members (excludes halogenated alkanes) is 41. The van der Waals surface area contributed by atoms with E-state index in [2.05, 4.69) is 48.5 Å². The molecule has 0 spiro atoms. The van der Waals surface area contributed by atoms with Crippen molar-refractivity contribution in [2.24, 2.45) is 17.8 Å². The van der Waals surface area contributed by atoms with Crippen LogP contribution in [0.1, 0.15) is 382 Å². The molecule has 0 saturated heterocycles. The Morgan fingerprint density at radius 3 is 0.723 bits per heavy atom. The molecule has 2 unspecified atom stereocenters. The lowest BCUT2D eigenvalue weighted by Crippen LogP contribution is -2.30. The molecular weight excluding hydrogens is 1230 g/mol. The van der Waals surface area contributed by atoms with Crippen molar-refractivity contribution in [3.8, 4) is 0 Å². The molecule has 0 heterocycles. The molecule has 0 bridgehead atoms. The van der Waals surface area contributed by atoms with Crippen LogP contribution in [0.3, 0.4) is 0 Å². The number of rotatable bonds is 73. The van der Waals surface area contributed by atoms with Gasteiger partial charge in [0.2, 0.25) is 0 Å². The molecule has 0 aliphatic carbocycles. The van der Waals surface area contributed by atoms with E-state index >= 15 is 0 Å². The van der Waals surface area contributed by atoms with E-state index in [-0.39, 0.29) is 25.7 Å². The number of phosphoric acid groups is 2. The lowest BCUT2D eigenvalue weighted by Gasteiger charge is -2.21. The Labute approximate surface area is 575 Å². The predicted molar refractivity (Wildman–Crippen MR) is 381 cm³/mol. The van der Waals surface area contributed by atoms with Gasteiger partial charge < -0.3 is 33.8 Å². The highest BCUT2D eigenvalue weighted by Gasteiger charge is 2.30. The molecule has 0 radical (unpaired) electrons. The molecule has 0 aliphatic heterocycles. The van der Waals surface area contributed by atoms with E-state index in [1.165, 1.54) is 193 Å². The summed E-state index contributed by atoms with van der Waals surface area (Å²) in [6.45, 7) is 11.8. The minimum atomic E-state index is -4.96. The van der Waals surface area contributed by atoms with Crippen LogP contribution < -0.4 is 0 Å². The Kier molecular flexibility index (Phi) is 64.3. The van der Waals surface area contributed by atoms with Crippen molar-refractivity contribution in [3.05, 3.63) is 0 Å². The second-order valence-electron chi connectivity index (χ2n) is 28.5. The van der Waals surface area contributed by atoms with Gasteiger partial charge in [0.05, 0.1) is 26.4 Å². The third-order valence-corrected chi connectivity index (χ3v) is 19.3. The van der Waals surface area contributed by atoms with Gasteiger partial charge >= 0.3 is 39.5 Å². The van der Waals surface area contributed by atoms with Gasteiger partial charge in [0.25, 0.3) is 0 Å². The Bertz CT molecular complexity index is 1840. The first-order valence-electron chi connectivity index (χ1n) is 38.8. The van der Waals surface area contributed by atoms with Crippen LogP contribution in [0.2, 0.25) is 0 Å². The summed E-state index contributed by atoms with van der Waals surface area (Å²) in [6.07, 6.45) is 51.4. The van der Waals surface area contributed by atoms with E-state index < -0.39 is 97.5 Å². The molecule has 0 aromatic carbocycles. The zero-order valence-corrected chi connectivity index (χ0v) is 63.2. The van der Waals surface area contributed by atoms with Gasteiger partial charge in [0, 0.05) is 25.7 Å². The molecule has 0 rings (SSSR count). The number of hydrogen-bond donors (Lipinski definition) is 3. The van der Waals surface area contributed by atoms with Crippen molar-refractivity contribution >= 4 is 39.5 Å². The predicted octanol–water partition coefficient (Wildman–Crippen LogP) is 21.8. The smallest absolute Gasteiger partial charge is 0.462 e. The lowest BCUT2D eigenvalue weighted by molar-refractivity contribution is -0.161. The summed E-state index contributed by atoms with van der Waals surface area (Å²) in [5, 5.41) is 10.6. The highest BCUT2D eigenvalue weighted by atomic mass is 31.2. The number of carbonyl (C=O) groups is 4. The zero-order chi connectivity index (χ0) is 69.4. The van der Waals surface area contributed by atoms with Gasteiger partial charge in [-0.1, -0.05) is 331 Å². The molecule has 3 N–H and O–H groups in total. The fraction of sp³-hybridized carbons (Fsp3) is 0.947. The summed E-state index contributed by atoms with van der Waals surface area (Å²) in [5.41, 5.74) is 0. The van der Waals surface area contributed by atoms with Crippen molar-refractivity contribution in [2.75, 3.05) is 39.6 Å². The molecule has 17 nitrogen and oxygen atoms in total. The second-order valence-corrected chi connectivity index (χ2v) is 31.4. The fourth-order valence-electron chi connectivity index (χ4n) is 11.4. The summed E-state index contributed by atoms with van der Waals surface area (Å²) in [5.74, 6) is 0.0945. The lowest BCUT2D eigenvalue weighted by atomic mass is 10.0. The van der Waals surface area contributed by atoms with Crippen LogP contribution in [0.5, 0.6) is 0 Å². The number of ether oxygens (including phenoxy) is 4. The SMILES string of the molecule is CCCCCCCCCCCCCCCCCCCCC(=O)O[C@H](COC(=O)CCCCCCCCCCCCCC(C)C)COP(=O)(O)OC[C@@H](O)COP(=O)(O)OC[C@@H](COC(=O)CCCCCCCCCCC(C)C)OC(=O)CCCCCCCCCCC(C)C. The molecule has 0 aromatic heterocycles. The Morgan fingerprint density at radius 1 is 0.287 bits per heavy atom. The summed E-state index contributed by atoms with van der Waals surface area (Å²) in [7, 11) is -9.91. The highest BCUT2D eigenvalue weighted by molar-refractivity contribution is 7.47. The Hall–Kier alpha value is -1.94. The molecule has 0 saturated carbocycles. The minimum Gasteiger partial charge on any atom is -0.462 e. The maximum absolute atomic E-state index is 13.1. The maximum atomic E-state index is 13.1. The number of hydrogen-bond acceptors (Lipinski definition) is 15. The van der Waals surface area contributed by atoms with Crippen molar-refractivity contribution in [2.45, 2.75) is 401 Å². The van der Waals surface area contributed by atoms with Gasteiger partial charge in [-0.15, -0.1) is 0 Å². The number of aliphatic hydroxyl groups is 1. The number of carbonyl (C=O) groups excluding carboxylic acids is 4. The standard InChI is InChI=1S/C75H146O17P2/c1-8-9-10-11-12-13-14-15-16-17-18-19-20-23-27-37-44-51-58-74(79)91-70(62-85-72(77)56-49-42-35-26-24-21-22-25-32-39-46-53-66(2)3)64-89-93(81,82)87-60-69(76)61-88-94(83,84)90-65-71(92-75(80)59-52-45-38-31-29-34-41-48-55-68(6)7)63-86-73(78)57-50-43-36-30-28-33-40-47-54-67(4)5/h66-71,76H,8-65H2,1-7H3,(H,81,82)(H,83,84)/t69-,70-,71-/m1/s1. The van der Waals surface area contributed by atoms with Crippen LogP contribution in [0.4, 0.5) is 0 Å². The fourth-order valence-corrected chi connectivity index (χ4v) is 13.0. The third kappa shape index (κ3) is 68.6. The van der Waals surface area contributed by atoms with Crippen LogP contribution in [0.25, 0.3) is 0 Å². The van der Waals surface area contributed by atoms with Crippen LogP contribution in [-0.4, -0.2) is 96.7 Å². The van der Waals surface area contributed by atoms with Gasteiger partial charge in [-0.2, -0.15) is 0 Å². The molecule has 94 heavy (non-hydrogen) atoms. The van der Waals surface area contributed by atoms with E-state index in [1.54, 1.807) is 0 Å². The largest absolute Gasteiger partial charge is 0.472 e. The number of esters is 4. The van der Waals surface area contributed by atoms with Gasteiger partial charge in [0.1, 0.15) is 19.3 Å². The van der Waals surface area contributed by atoms with E-state index in [1.807, 2.05) is 0 Å². The minimum absolute atomic E-state index is 0.104. The van der Waals surface area contributed by atoms with Crippen LogP contribution >= 0.6 is 15.6 Å². The Balaban J connectivity index is 5.24. The van der Waals surface area contributed by atoms with Crippen LogP contribution in [0.15, 0.2) is 0 Å². The molecular formula is C75H146O17P2. The van der Waals surface area contributed by atoms with Gasteiger partial charge in [0.15, 0.2) is 12.2 Å². The van der Waals surface area contributed by atoms with Gasteiger partial charge in [-0.05, 0) is 43.4 Å². The molecule has 0 aromatic rings. The molecule has 5 atom stereocenters. The van der Waals surface area contributed by atoms with Crippen LogP contribution in [-0.2, 0) is 65.4 Å². The average molecular weight is 1380 g/mol. The summed E-state index contributed by atoms with van der Waals surface area (Å²) < 4.78 is 68.5. The summed E-state index contributed by atoms with van der Waals surface area (Å²) in [6, 6.07) is 0. The third-order valence-electron chi connectivity index (χ3n) is 17.4. The molecule has 558 valence electrons. The zero-order valence-electron chi connectivity index (χ0n) is 61.4. The number of aliphatic hydroxyl groups excluding tert-OH is 1. The topological polar surface area (TPSA) is 237 Å². The Morgan fingerprint density at radius 2 is 0.489 bits per heavy atom. The normalized spacial score (nSPS) is 14.1. The maximum Gasteiger partial charge on any atom is 0.472 e. The summed E-state index contributed by atoms with van der Waals surface area (Å²) >= 11 is 0. The van der Waals surface area contributed by atoms with Crippen LogP contribution in [0, 0.1) is 17.8 Å². The molecule has 0 fully saturated rings. The van der Waals surface area contributed by atoms with Gasteiger partial charge in [-0.3, -0.25) is 37.3 Å². The average Bonchev–Trinajstić information content (AvgIpc) is 3.35. The van der Waals surface area contributed by atoms with Crippen molar-refractivity contribution < 1.29 is 80.2 Å².